The van der Waals surface area contributed by atoms with Crippen molar-refractivity contribution in [3.05, 3.63) is 23.9 Å². The SMILES string of the molecule is COC1C=C(C)C=CN1. The van der Waals surface area contributed by atoms with E-state index in [4.69, 9.17) is 4.74 Å². The van der Waals surface area contributed by atoms with E-state index in [0.29, 0.717) is 0 Å². The zero-order valence-corrected chi connectivity index (χ0v) is 5.72. The van der Waals surface area contributed by atoms with Gasteiger partial charge in [-0.05, 0) is 30.8 Å². The molecule has 9 heavy (non-hydrogen) atoms. The highest BCUT2D eigenvalue weighted by Crippen LogP contribution is 2.02. The van der Waals surface area contributed by atoms with Gasteiger partial charge in [-0.25, -0.2) is 0 Å². The average Bonchev–Trinajstić information content (AvgIpc) is 1.88. The van der Waals surface area contributed by atoms with Gasteiger partial charge in [-0.15, -0.1) is 0 Å². The summed E-state index contributed by atoms with van der Waals surface area (Å²) in [6.07, 6.45) is 5.99. The molecule has 1 aliphatic rings. The lowest BCUT2D eigenvalue weighted by Gasteiger charge is -2.14. The van der Waals surface area contributed by atoms with Crippen molar-refractivity contribution in [2.75, 3.05) is 7.11 Å². The Balaban J connectivity index is 2.55. The molecule has 1 N–H and O–H groups in total. The van der Waals surface area contributed by atoms with E-state index in [2.05, 4.69) is 5.32 Å². The van der Waals surface area contributed by atoms with Crippen molar-refractivity contribution in [1.29, 1.82) is 0 Å². The lowest BCUT2D eigenvalue weighted by atomic mass is 10.2. The van der Waals surface area contributed by atoms with Gasteiger partial charge in [0.2, 0.25) is 0 Å². The molecule has 2 heteroatoms. The first-order chi connectivity index (χ1) is 4.33. The van der Waals surface area contributed by atoms with E-state index in [1.54, 1.807) is 7.11 Å². The van der Waals surface area contributed by atoms with Crippen LogP contribution in [0.1, 0.15) is 6.92 Å². The number of dihydropyridines is 1. The second-order valence-electron chi connectivity index (χ2n) is 2.07. The molecule has 50 valence electrons. The summed E-state index contributed by atoms with van der Waals surface area (Å²) in [4.78, 5) is 0. The van der Waals surface area contributed by atoms with Crippen molar-refractivity contribution in [3.63, 3.8) is 0 Å². The van der Waals surface area contributed by atoms with Gasteiger partial charge in [0.05, 0.1) is 0 Å². The van der Waals surface area contributed by atoms with Gasteiger partial charge < -0.3 is 10.1 Å². The minimum Gasteiger partial charge on any atom is -0.363 e. The Morgan fingerprint density at radius 2 is 2.44 bits per heavy atom. The fourth-order valence-corrected chi connectivity index (χ4v) is 0.753. The molecule has 0 saturated heterocycles. The Morgan fingerprint density at radius 3 is 2.89 bits per heavy atom. The zero-order valence-electron chi connectivity index (χ0n) is 5.72. The summed E-state index contributed by atoms with van der Waals surface area (Å²) in [6.45, 7) is 2.04. The highest BCUT2D eigenvalue weighted by Gasteiger charge is 2.01. The molecule has 2 nitrogen and oxygen atoms in total. The third-order valence-corrected chi connectivity index (χ3v) is 1.27. The number of rotatable bonds is 1. The first-order valence-electron chi connectivity index (χ1n) is 2.97. The van der Waals surface area contributed by atoms with E-state index in [-0.39, 0.29) is 6.23 Å². The second-order valence-corrected chi connectivity index (χ2v) is 2.07. The van der Waals surface area contributed by atoms with Crippen molar-refractivity contribution < 1.29 is 4.74 Å². The molecule has 1 heterocycles. The van der Waals surface area contributed by atoms with Gasteiger partial charge in [-0.1, -0.05) is 0 Å². The molecular weight excluding hydrogens is 114 g/mol. The molecule has 0 spiro atoms. The first-order valence-corrected chi connectivity index (χ1v) is 2.97. The van der Waals surface area contributed by atoms with Crippen LogP contribution in [-0.4, -0.2) is 13.3 Å². The quantitative estimate of drug-likeness (QED) is 0.565. The summed E-state index contributed by atoms with van der Waals surface area (Å²) in [5.74, 6) is 0. The van der Waals surface area contributed by atoms with Crippen LogP contribution in [-0.2, 0) is 4.74 Å². The normalized spacial score (nSPS) is 25.1. The Bertz CT molecular complexity index is 149. The maximum absolute atomic E-state index is 5.02. The summed E-state index contributed by atoms with van der Waals surface area (Å²) < 4.78 is 5.02. The van der Waals surface area contributed by atoms with Gasteiger partial charge in [0.15, 0.2) is 0 Å². The maximum Gasteiger partial charge on any atom is 0.146 e. The van der Waals surface area contributed by atoms with Crippen molar-refractivity contribution in [2.24, 2.45) is 0 Å². The Morgan fingerprint density at radius 1 is 1.67 bits per heavy atom. The van der Waals surface area contributed by atoms with Crippen LogP contribution >= 0.6 is 0 Å². The van der Waals surface area contributed by atoms with Gasteiger partial charge >= 0.3 is 0 Å². The maximum atomic E-state index is 5.02. The van der Waals surface area contributed by atoms with Crippen LogP contribution < -0.4 is 5.32 Å². The van der Waals surface area contributed by atoms with E-state index >= 15 is 0 Å². The molecule has 0 aliphatic carbocycles. The Hall–Kier alpha value is -0.760. The second kappa shape index (κ2) is 2.69. The van der Waals surface area contributed by atoms with Crippen molar-refractivity contribution in [2.45, 2.75) is 13.2 Å². The first kappa shape index (κ1) is 6.36. The van der Waals surface area contributed by atoms with E-state index in [1.165, 1.54) is 5.57 Å². The molecule has 0 aromatic heterocycles. The van der Waals surface area contributed by atoms with Gasteiger partial charge in [0.25, 0.3) is 0 Å². The molecule has 1 unspecified atom stereocenters. The van der Waals surface area contributed by atoms with Crippen LogP contribution in [0.25, 0.3) is 0 Å². The molecule has 0 amide bonds. The molecule has 0 aromatic rings. The summed E-state index contributed by atoms with van der Waals surface area (Å²) in [5, 5.41) is 3.02. The Labute approximate surface area is 55.2 Å². The van der Waals surface area contributed by atoms with Crippen LogP contribution in [0.15, 0.2) is 23.9 Å². The molecule has 0 saturated carbocycles. The summed E-state index contributed by atoms with van der Waals surface area (Å²) in [6, 6.07) is 0. The van der Waals surface area contributed by atoms with Gasteiger partial charge in [0.1, 0.15) is 6.23 Å². The van der Waals surface area contributed by atoms with E-state index < -0.39 is 0 Å². The molecular formula is C7H11NO. The number of methoxy groups -OCH3 is 1. The van der Waals surface area contributed by atoms with Gasteiger partial charge in [-0.2, -0.15) is 0 Å². The average molecular weight is 125 g/mol. The minimum atomic E-state index is 0.0648. The predicted octanol–water partition coefficient (Wildman–Crippen LogP) is 1.02. The minimum absolute atomic E-state index is 0.0648. The Kier molecular flexibility index (Phi) is 1.90. The standard InChI is InChI=1S/C7H11NO/c1-6-3-4-8-7(5-6)9-2/h3-5,7-8H,1-2H3. The van der Waals surface area contributed by atoms with Crippen molar-refractivity contribution in [1.82, 2.24) is 5.32 Å². The van der Waals surface area contributed by atoms with Crippen LogP contribution in [0, 0.1) is 0 Å². The van der Waals surface area contributed by atoms with Crippen LogP contribution in [0.2, 0.25) is 0 Å². The third kappa shape index (κ3) is 1.57. The highest BCUT2D eigenvalue weighted by molar-refractivity contribution is 5.20. The largest absolute Gasteiger partial charge is 0.363 e. The fraction of sp³-hybridized carbons (Fsp3) is 0.429. The molecule has 0 bridgehead atoms. The third-order valence-electron chi connectivity index (χ3n) is 1.27. The smallest absolute Gasteiger partial charge is 0.146 e. The van der Waals surface area contributed by atoms with Gasteiger partial charge in [-0.3, -0.25) is 0 Å². The molecule has 1 atom stereocenters. The van der Waals surface area contributed by atoms with Crippen LogP contribution in [0.4, 0.5) is 0 Å². The molecule has 0 aromatic carbocycles. The van der Waals surface area contributed by atoms with E-state index in [9.17, 15) is 0 Å². The number of hydrogen-bond acceptors (Lipinski definition) is 2. The molecule has 1 aliphatic heterocycles. The lowest BCUT2D eigenvalue weighted by Crippen LogP contribution is -2.25. The van der Waals surface area contributed by atoms with Crippen LogP contribution in [0.5, 0.6) is 0 Å². The van der Waals surface area contributed by atoms with E-state index in [1.807, 2.05) is 25.3 Å². The lowest BCUT2D eigenvalue weighted by molar-refractivity contribution is 0.123. The van der Waals surface area contributed by atoms with Gasteiger partial charge in [0, 0.05) is 7.11 Å². The number of nitrogens with one attached hydrogen (secondary N) is 1. The molecule has 0 fully saturated rings. The number of ether oxygens (including phenoxy) is 1. The fourth-order valence-electron chi connectivity index (χ4n) is 0.753. The highest BCUT2D eigenvalue weighted by atomic mass is 16.5. The number of hydrogen-bond donors (Lipinski definition) is 1. The zero-order chi connectivity index (χ0) is 6.69. The van der Waals surface area contributed by atoms with Crippen LogP contribution in [0.3, 0.4) is 0 Å². The van der Waals surface area contributed by atoms with Crippen molar-refractivity contribution >= 4 is 0 Å². The van der Waals surface area contributed by atoms with Crippen molar-refractivity contribution in [3.8, 4) is 0 Å². The summed E-state index contributed by atoms with van der Waals surface area (Å²) in [5.41, 5.74) is 1.24. The monoisotopic (exact) mass is 125 g/mol. The number of allylic oxidation sites excluding steroid dienone is 2. The van der Waals surface area contributed by atoms with E-state index in [0.717, 1.165) is 0 Å². The summed E-state index contributed by atoms with van der Waals surface area (Å²) >= 11 is 0. The molecule has 1 rings (SSSR count). The predicted molar refractivity (Wildman–Crippen MR) is 36.8 cm³/mol. The topological polar surface area (TPSA) is 21.3 Å². The molecule has 0 radical (unpaired) electrons. The summed E-state index contributed by atoms with van der Waals surface area (Å²) in [7, 11) is 1.68.